The van der Waals surface area contributed by atoms with Gasteiger partial charge >= 0.3 is 0 Å². The Balaban J connectivity index is 1.55. The van der Waals surface area contributed by atoms with E-state index in [1.54, 1.807) is 7.11 Å². The van der Waals surface area contributed by atoms with Crippen molar-refractivity contribution in [3.05, 3.63) is 11.8 Å². The van der Waals surface area contributed by atoms with E-state index in [0.717, 1.165) is 31.9 Å². The van der Waals surface area contributed by atoms with Crippen LogP contribution in [0.5, 0.6) is 5.88 Å². The van der Waals surface area contributed by atoms with Crippen molar-refractivity contribution in [3.63, 3.8) is 0 Å². The van der Waals surface area contributed by atoms with Crippen molar-refractivity contribution in [3.8, 4) is 5.88 Å². The second kappa shape index (κ2) is 6.70. The third-order valence-electron chi connectivity index (χ3n) is 4.50. The highest BCUT2D eigenvalue weighted by molar-refractivity contribution is 5.78. The highest BCUT2D eigenvalue weighted by Gasteiger charge is 2.29. The number of methoxy groups -OCH3 is 1. The molecule has 0 atom stereocenters. The predicted molar refractivity (Wildman–Crippen MR) is 87.8 cm³/mol. The van der Waals surface area contributed by atoms with Crippen LogP contribution < -0.4 is 9.64 Å². The minimum absolute atomic E-state index is 0.224. The van der Waals surface area contributed by atoms with Gasteiger partial charge in [-0.05, 0) is 26.8 Å². The lowest BCUT2D eigenvalue weighted by Gasteiger charge is -2.35. The van der Waals surface area contributed by atoms with Gasteiger partial charge in [-0.15, -0.1) is 0 Å². The van der Waals surface area contributed by atoms with Crippen LogP contribution in [0.2, 0.25) is 0 Å². The third-order valence-corrected chi connectivity index (χ3v) is 4.50. The molecule has 23 heavy (non-hydrogen) atoms. The quantitative estimate of drug-likeness (QED) is 0.789. The lowest BCUT2D eigenvalue weighted by Crippen LogP contribution is -2.51. The highest BCUT2D eigenvalue weighted by atomic mass is 16.5. The molecule has 0 aromatic carbocycles. The zero-order valence-electron chi connectivity index (χ0n) is 14.2. The average Bonchev–Trinajstić information content (AvgIpc) is 3.39. The molecule has 0 bridgehead atoms. The highest BCUT2D eigenvalue weighted by Crippen LogP contribution is 2.25. The maximum atomic E-state index is 12.4. The molecule has 0 N–H and O–H groups in total. The molecule has 2 fully saturated rings. The number of ether oxygens (including phenoxy) is 1. The monoisotopic (exact) mass is 319 g/mol. The molecule has 2 aliphatic rings. The van der Waals surface area contributed by atoms with Gasteiger partial charge in [0.2, 0.25) is 17.7 Å². The summed E-state index contributed by atoms with van der Waals surface area (Å²) in [7, 11) is 3.65. The van der Waals surface area contributed by atoms with E-state index >= 15 is 0 Å². The van der Waals surface area contributed by atoms with E-state index in [1.165, 1.54) is 12.8 Å². The summed E-state index contributed by atoms with van der Waals surface area (Å²) < 4.78 is 5.21. The molecule has 3 rings (SSSR count). The van der Waals surface area contributed by atoms with E-state index in [2.05, 4.69) is 19.8 Å². The molecule has 0 unspecified atom stereocenters. The second-order valence-electron chi connectivity index (χ2n) is 6.37. The minimum atomic E-state index is 0.224. The summed E-state index contributed by atoms with van der Waals surface area (Å²) in [5.74, 6) is 1.49. The Bertz CT molecular complexity index is 568. The van der Waals surface area contributed by atoms with E-state index in [1.807, 2.05) is 24.9 Å². The Hall–Kier alpha value is -1.89. The van der Waals surface area contributed by atoms with Gasteiger partial charge in [-0.1, -0.05) is 0 Å². The molecule has 1 aliphatic carbocycles. The molecule has 2 heterocycles. The van der Waals surface area contributed by atoms with E-state index in [-0.39, 0.29) is 5.91 Å². The number of carbonyl (C=O) groups excluding carboxylic acids is 1. The molecule has 126 valence electrons. The minimum Gasteiger partial charge on any atom is -0.481 e. The number of nitrogens with zero attached hydrogens (tertiary/aromatic N) is 5. The smallest absolute Gasteiger partial charge is 0.236 e. The Morgan fingerprint density at radius 3 is 2.61 bits per heavy atom. The van der Waals surface area contributed by atoms with Crippen molar-refractivity contribution in [2.45, 2.75) is 25.8 Å². The van der Waals surface area contributed by atoms with Crippen LogP contribution in [-0.2, 0) is 4.79 Å². The second-order valence-corrected chi connectivity index (χ2v) is 6.37. The molecule has 1 amide bonds. The first-order chi connectivity index (χ1) is 11.1. The number of hydrogen-bond acceptors (Lipinski definition) is 6. The molecule has 0 spiro atoms. The number of rotatable bonds is 5. The Labute approximate surface area is 137 Å². The molecule has 1 aromatic rings. The number of piperazine rings is 1. The molecular weight excluding hydrogens is 294 g/mol. The maximum Gasteiger partial charge on any atom is 0.236 e. The van der Waals surface area contributed by atoms with Gasteiger partial charge in [0.05, 0.1) is 13.7 Å². The molecule has 1 aromatic heterocycles. The van der Waals surface area contributed by atoms with Gasteiger partial charge < -0.3 is 14.5 Å². The molecule has 1 saturated heterocycles. The van der Waals surface area contributed by atoms with Crippen LogP contribution in [-0.4, -0.2) is 78.6 Å². The van der Waals surface area contributed by atoms with Crippen molar-refractivity contribution in [1.82, 2.24) is 19.8 Å². The first-order valence-electron chi connectivity index (χ1n) is 8.19. The van der Waals surface area contributed by atoms with Gasteiger partial charge in [0.25, 0.3) is 0 Å². The standard InChI is InChI=1S/C16H25N5O2/c1-12-10-14(23-3)18-16(17-12)21-8-6-20(7-9-21)15(22)11-19(2)13-4-5-13/h10,13H,4-9,11H2,1-3H3. The van der Waals surface area contributed by atoms with E-state index in [0.29, 0.717) is 24.4 Å². The number of amides is 1. The number of aromatic nitrogens is 2. The van der Waals surface area contributed by atoms with Crippen molar-refractivity contribution >= 4 is 11.9 Å². The SMILES string of the molecule is COc1cc(C)nc(N2CCN(C(=O)CN(C)C3CC3)CC2)n1. The summed E-state index contributed by atoms with van der Waals surface area (Å²) in [6.45, 7) is 5.41. The fraction of sp³-hybridized carbons (Fsp3) is 0.688. The van der Waals surface area contributed by atoms with Crippen LogP contribution in [0.3, 0.4) is 0 Å². The first kappa shape index (κ1) is 16.0. The Morgan fingerprint density at radius 1 is 1.30 bits per heavy atom. The Kier molecular flexibility index (Phi) is 4.66. The van der Waals surface area contributed by atoms with Gasteiger partial charge in [0.15, 0.2) is 0 Å². The van der Waals surface area contributed by atoms with Crippen molar-refractivity contribution < 1.29 is 9.53 Å². The fourth-order valence-electron chi connectivity index (χ4n) is 2.88. The number of likely N-dealkylation sites (N-methyl/N-ethyl adjacent to an activating group) is 1. The van der Waals surface area contributed by atoms with Crippen molar-refractivity contribution in [1.29, 1.82) is 0 Å². The van der Waals surface area contributed by atoms with E-state index in [4.69, 9.17) is 4.74 Å². The van der Waals surface area contributed by atoms with Gasteiger partial charge in [0, 0.05) is 44.0 Å². The average molecular weight is 319 g/mol. The van der Waals surface area contributed by atoms with E-state index < -0.39 is 0 Å². The molecule has 1 saturated carbocycles. The van der Waals surface area contributed by atoms with E-state index in [9.17, 15) is 4.79 Å². The van der Waals surface area contributed by atoms with Gasteiger partial charge in [0.1, 0.15) is 0 Å². The zero-order chi connectivity index (χ0) is 16.4. The lowest BCUT2D eigenvalue weighted by molar-refractivity contribution is -0.132. The number of hydrogen-bond donors (Lipinski definition) is 0. The topological polar surface area (TPSA) is 61.8 Å². The van der Waals surface area contributed by atoms with Gasteiger partial charge in [-0.25, -0.2) is 4.98 Å². The van der Waals surface area contributed by atoms with Gasteiger partial charge in [-0.3, -0.25) is 9.69 Å². The predicted octanol–water partition coefficient (Wildman–Crippen LogP) is 0.536. The van der Waals surface area contributed by atoms with Crippen LogP contribution >= 0.6 is 0 Å². The maximum absolute atomic E-state index is 12.4. The van der Waals surface area contributed by atoms with Crippen LogP contribution in [0.15, 0.2) is 6.07 Å². The summed E-state index contributed by atoms with van der Waals surface area (Å²) in [4.78, 5) is 27.5. The lowest BCUT2D eigenvalue weighted by atomic mass is 10.3. The van der Waals surface area contributed by atoms with Crippen molar-refractivity contribution in [2.24, 2.45) is 0 Å². The number of anilines is 1. The molecular formula is C16H25N5O2. The summed E-state index contributed by atoms with van der Waals surface area (Å²) in [5, 5.41) is 0. The van der Waals surface area contributed by atoms with Crippen LogP contribution in [0.25, 0.3) is 0 Å². The summed E-state index contributed by atoms with van der Waals surface area (Å²) in [6, 6.07) is 2.44. The van der Waals surface area contributed by atoms with Crippen LogP contribution in [0.1, 0.15) is 18.5 Å². The van der Waals surface area contributed by atoms with Crippen LogP contribution in [0, 0.1) is 6.92 Å². The summed E-state index contributed by atoms with van der Waals surface area (Å²) in [6.07, 6.45) is 2.45. The number of aryl methyl sites for hydroxylation is 1. The van der Waals surface area contributed by atoms with Crippen molar-refractivity contribution in [2.75, 3.05) is 51.8 Å². The Morgan fingerprint density at radius 2 is 2.00 bits per heavy atom. The zero-order valence-corrected chi connectivity index (χ0v) is 14.2. The normalized spacial score (nSPS) is 18.4. The molecule has 1 aliphatic heterocycles. The fourth-order valence-corrected chi connectivity index (χ4v) is 2.88. The van der Waals surface area contributed by atoms with Gasteiger partial charge in [-0.2, -0.15) is 4.98 Å². The molecule has 7 heteroatoms. The summed E-state index contributed by atoms with van der Waals surface area (Å²) in [5.41, 5.74) is 0.886. The summed E-state index contributed by atoms with van der Waals surface area (Å²) >= 11 is 0. The molecule has 0 radical (unpaired) electrons. The third kappa shape index (κ3) is 3.90. The largest absolute Gasteiger partial charge is 0.481 e. The first-order valence-corrected chi connectivity index (χ1v) is 8.19. The molecule has 7 nitrogen and oxygen atoms in total. The van der Waals surface area contributed by atoms with Crippen LogP contribution in [0.4, 0.5) is 5.95 Å². The number of carbonyl (C=O) groups is 1.